The molecule has 0 bridgehead atoms. The molecule has 8 rings (SSSR count). The molecule has 0 saturated carbocycles. The minimum Gasteiger partial charge on any atom is -0.299 e. The van der Waals surface area contributed by atoms with Crippen molar-refractivity contribution >= 4 is 11.2 Å². The molecule has 4 aromatic heterocycles. The minimum atomic E-state index is 0.589. The number of benzene rings is 4. The maximum Gasteiger partial charge on any atom is 0.164 e. The molecule has 0 aliphatic rings. The van der Waals surface area contributed by atoms with Gasteiger partial charge in [0.2, 0.25) is 0 Å². The van der Waals surface area contributed by atoms with Gasteiger partial charge in [0, 0.05) is 45.3 Å². The monoisotopic (exact) mass is 672 g/mol. The highest BCUT2D eigenvalue weighted by Gasteiger charge is 2.18. The number of hydrogen-bond acceptors (Lipinski definition) is 5. The quantitative estimate of drug-likeness (QED) is 0.150. The van der Waals surface area contributed by atoms with E-state index in [2.05, 4.69) is 77.3 Å². The topological polar surface area (TPSA) is 68.9 Å². The Morgan fingerprint density at radius 3 is 1.90 bits per heavy atom. The number of imidazole rings is 1. The third-order valence-electron chi connectivity index (χ3n) is 9.00. The molecular formula is C46H36N6. The van der Waals surface area contributed by atoms with Crippen LogP contribution >= 0.6 is 0 Å². The van der Waals surface area contributed by atoms with Crippen molar-refractivity contribution in [3.8, 4) is 67.7 Å². The second-order valence-electron chi connectivity index (χ2n) is 12.6. The van der Waals surface area contributed by atoms with Crippen molar-refractivity contribution in [2.75, 3.05) is 0 Å². The first-order valence-corrected chi connectivity index (χ1v) is 17.4. The van der Waals surface area contributed by atoms with Crippen LogP contribution in [0.25, 0.3) is 78.9 Å². The van der Waals surface area contributed by atoms with Crippen molar-refractivity contribution < 1.29 is 0 Å². The van der Waals surface area contributed by atoms with Gasteiger partial charge in [-0.1, -0.05) is 109 Å². The van der Waals surface area contributed by atoms with Crippen LogP contribution in [0.2, 0.25) is 0 Å². The highest BCUT2D eigenvalue weighted by atomic mass is 15.0. The Morgan fingerprint density at radius 2 is 1.15 bits per heavy atom. The number of nitrogens with zero attached hydrogens (tertiary/aromatic N) is 6. The highest BCUT2D eigenvalue weighted by molar-refractivity contribution is 5.86. The summed E-state index contributed by atoms with van der Waals surface area (Å²) in [6, 6.07) is 47.8. The van der Waals surface area contributed by atoms with Crippen molar-refractivity contribution in [2.45, 2.75) is 20.8 Å². The van der Waals surface area contributed by atoms with Gasteiger partial charge in [-0.25, -0.2) is 19.9 Å². The summed E-state index contributed by atoms with van der Waals surface area (Å²) in [7, 11) is 0. The molecule has 0 fully saturated rings. The van der Waals surface area contributed by atoms with E-state index in [1.807, 2.05) is 112 Å². The summed E-state index contributed by atoms with van der Waals surface area (Å²) in [5, 5.41) is 0. The van der Waals surface area contributed by atoms with Crippen LogP contribution in [0.3, 0.4) is 0 Å². The molecule has 250 valence electrons. The van der Waals surface area contributed by atoms with E-state index in [1.54, 1.807) is 0 Å². The van der Waals surface area contributed by atoms with Crippen LogP contribution in [0.5, 0.6) is 0 Å². The van der Waals surface area contributed by atoms with E-state index in [9.17, 15) is 0 Å². The van der Waals surface area contributed by atoms with Crippen molar-refractivity contribution in [3.63, 3.8) is 0 Å². The Bertz CT molecular complexity index is 2600. The van der Waals surface area contributed by atoms with Gasteiger partial charge in [-0.15, -0.1) is 0 Å². The smallest absolute Gasteiger partial charge is 0.164 e. The Hall–Kier alpha value is -6.79. The fourth-order valence-electron chi connectivity index (χ4n) is 6.52. The average molecular weight is 673 g/mol. The van der Waals surface area contributed by atoms with Crippen LogP contribution < -0.4 is 0 Å². The molecule has 52 heavy (non-hydrogen) atoms. The molecule has 0 atom stereocenters. The van der Waals surface area contributed by atoms with E-state index < -0.39 is 0 Å². The Kier molecular flexibility index (Phi) is 8.86. The van der Waals surface area contributed by atoms with Gasteiger partial charge in [-0.2, -0.15) is 0 Å². The molecule has 0 amide bonds. The Balaban J connectivity index is 1.33. The fraction of sp³-hybridized carbons (Fsp3) is 0.0652. The molecule has 0 spiro atoms. The second kappa shape index (κ2) is 14.2. The summed E-state index contributed by atoms with van der Waals surface area (Å²) < 4.78 is 2.16. The van der Waals surface area contributed by atoms with E-state index >= 15 is 0 Å². The summed E-state index contributed by atoms with van der Waals surface area (Å²) in [6.07, 6.45) is 8.13. The first-order valence-electron chi connectivity index (χ1n) is 17.4. The fourth-order valence-corrected chi connectivity index (χ4v) is 6.52. The van der Waals surface area contributed by atoms with Gasteiger partial charge < -0.3 is 0 Å². The molecule has 0 saturated heterocycles. The van der Waals surface area contributed by atoms with Crippen molar-refractivity contribution in [1.29, 1.82) is 0 Å². The number of aromatic nitrogens is 6. The first kappa shape index (κ1) is 32.4. The predicted octanol–water partition coefficient (Wildman–Crippen LogP) is 11.2. The van der Waals surface area contributed by atoms with E-state index in [0.29, 0.717) is 17.5 Å². The molecule has 4 heterocycles. The molecule has 6 heteroatoms. The van der Waals surface area contributed by atoms with Gasteiger partial charge in [0.25, 0.3) is 0 Å². The van der Waals surface area contributed by atoms with E-state index in [1.165, 1.54) is 0 Å². The number of allylic oxidation sites excluding steroid dienone is 4. The largest absolute Gasteiger partial charge is 0.299 e. The van der Waals surface area contributed by atoms with Crippen molar-refractivity contribution in [3.05, 3.63) is 175 Å². The highest BCUT2D eigenvalue weighted by Crippen LogP contribution is 2.37. The normalized spacial score (nSPS) is 11.8. The molecule has 6 nitrogen and oxygen atoms in total. The van der Waals surface area contributed by atoms with Gasteiger partial charge in [0.05, 0.1) is 17.1 Å². The lowest BCUT2D eigenvalue weighted by molar-refractivity contribution is 1.04. The third-order valence-corrected chi connectivity index (χ3v) is 9.00. The van der Waals surface area contributed by atoms with Crippen LogP contribution in [0.1, 0.15) is 25.4 Å². The van der Waals surface area contributed by atoms with Crippen LogP contribution in [-0.4, -0.2) is 29.3 Å². The molecule has 4 aromatic carbocycles. The van der Waals surface area contributed by atoms with Crippen LogP contribution in [-0.2, 0) is 0 Å². The lowest BCUT2D eigenvalue weighted by Gasteiger charge is -2.13. The first-order chi connectivity index (χ1) is 25.6. The Morgan fingerprint density at radius 1 is 0.519 bits per heavy atom. The summed E-state index contributed by atoms with van der Waals surface area (Å²) in [6.45, 7) is 6.01. The lowest BCUT2D eigenvalue weighted by atomic mass is 9.95. The average Bonchev–Trinajstić information content (AvgIpc) is 3.60. The molecule has 0 N–H and O–H groups in total. The van der Waals surface area contributed by atoms with Crippen LogP contribution in [0, 0.1) is 6.92 Å². The van der Waals surface area contributed by atoms with Gasteiger partial charge >= 0.3 is 0 Å². The van der Waals surface area contributed by atoms with Crippen molar-refractivity contribution in [2.24, 2.45) is 0 Å². The van der Waals surface area contributed by atoms with E-state index in [-0.39, 0.29) is 0 Å². The van der Waals surface area contributed by atoms with Gasteiger partial charge in [-0.05, 0) is 80.4 Å². The molecular weight excluding hydrogens is 637 g/mol. The summed E-state index contributed by atoms with van der Waals surface area (Å²) in [5.41, 5.74) is 12.6. The SMILES string of the molecule is C/C=C\C(=C/C)c1nc(-c2ccccc2)nc(-c2cc(-c3cccc(-c4nc5ccccn5c4-c4ccccc4)c3)cc(-c3cccc(C)n3)c2)n1. The van der Waals surface area contributed by atoms with Gasteiger partial charge in [0.1, 0.15) is 5.65 Å². The zero-order valence-electron chi connectivity index (χ0n) is 29.3. The zero-order chi connectivity index (χ0) is 35.4. The van der Waals surface area contributed by atoms with Crippen LogP contribution in [0.15, 0.2) is 164 Å². The zero-order valence-corrected chi connectivity index (χ0v) is 29.3. The Labute approximate surface area is 303 Å². The lowest BCUT2D eigenvalue weighted by Crippen LogP contribution is -2.02. The summed E-state index contributed by atoms with van der Waals surface area (Å²) in [4.78, 5) is 25.1. The summed E-state index contributed by atoms with van der Waals surface area (Å²) in [5.74, 6) is 1.83. The number of pyridine rings is 2. The van der Waals surface area contributed by atoms with Gasteiger partial charge in [0.15, 0.2) is 17.5 Å². The molecule has 0 aliphatic heterocycles. The van der Waals surface area contributed by atoms with Gasteiger partial charge in [-0.3, -0.25) is 9.38 Å². The molecule has 8 aromatic rings. The summed E-state index contributed by atoms with van der Waals surface area (Å²) >= 11 is 0. The second-order valence-corrected chi connectivity index (χ2v) is 12.6. The maximum atomic E-state index is 5.14. The van der Waals surface area contributed by atoms with Crippen molar-refractivity contribution in [1.82, 2.24) is 29.3 Å². The van der Waals surface area contributed by atoms with E-state index in [4.69, 9.17) is 24.9 Å². The molecule has 0 radical (unpaired) electrons. The molecule has 0 unspecified atom stereocenters. The maximum absolute atomic E-state index is 5.14. The molecule has 0 aliphatic carbocycles. The number of rotatable bonds is 8. The number of fused-ring (bicyclic) bond motifs is 1. The number of hydrogen-bond donors (Lipinski definition) is 0. The number of aryl methyl sites for hydroxylation is 1. The predicted molar refractivity (Wildman–Crippen MR) is 212 cm³/mol. The standard InChI is InChI=1S/C46H36N6/c1-4-16-32(5-2)44-49-45(34-20-10-7-11-21-34)51-46(50-44)39-29-37(28-38(30-39)40-24-14-17-31(3)47-40)35-22-15-23-36(27-35)42-43(33-18-8-6-9-19-33)52-26-13-12-25-41(52)48-42/h4-30H,1-3H3/b16-4-,32-5+. The van der Waals surface area contributed by atoms with Crippen LogP contribution in [0.4, 0.5) is 0 Å². The third kappa shape index (κ3) is 6.45. The van der Waals surface area contributed by atoms with E-state index in [0.717, 1.165) is 72.9 Å². The minimum absolute atomic E-state index is 0.589.